The molecule has 4 rings (SSSR count). The molecule has 0 amide bonds. The third kappa shape index (κ3) is 6.35. The van der Waals surface area contributed by atoms with E-state index in [2.05, 4.69) is 20.9 Å². The molecule has 0 atom stereocenters. The maximum atomic E-state index is 14.4. The average Bonchev–Trinajstić information content (AvgIpc) is 3.62. The van der Waals surface area contributed by atoms with E-state index >= 15 is 0 Å². The molecule has 2 aromatic rings. The fourth-order valence-corrected chi connectivity index (χ4v) is 4.64. The van der Waals surface area contributed by atoms with Crippen LogP contribution in [-0.2, 0) is 9.47 Å². The highest BCUT2D eigenvalue weighted by molar-refractivity contribution is 6.33. The summed E-state index contributed by atoms with van der Waals surface area (Å²) in [5.74, 6) is 0.505. The van der Waals surface area contributed by atoms with Crippen LogP contribution in [0.25, 0.3) is 11.1 Å². The Kier molecular flexibility index (Phi) is 8.07. The zero-order valence-corrected chi connectivity index (χ0v) is 20.2. The molecule has 33 heavy (non-hydrogen) atoms. The molecule has 0 unspecified atom stereocenters. The van der Waals surface area contributed by atoms with Gasteiger partial charge in [-0.25, -0.2) is 9.37 Å². The summed E-state index contributed by atoms with van der Waals surface area (Å²) >= 11 is 6.48. The zero-order valence-electron chi connectivity index (χ0n) is 19.4. The lowest BCUT2D eigenvalue weighted by Crippen LogP contribution is -2.38. The minimum atomic E-state index is -0.287. The van der Waals surface area contributed by atoms with Crippen LogP contribution in [0.3, 0.4) is 0 Å². The molecule has 0 aliphatic heterocycles. The number of benzene rings is 1. The first-order valence-corrected chi connectivity index (χ1v) is 12.1. The largest absolute Gasteiger partial charge is 0.383 e. The Balaban J connectivity index is 1.40. The molecule has 180 valence electrons. The van der Waals surface area contributed by atoms with Gasteiger partial charge in [0.15, 0.2) is 0 Å². The first kappa shape index (κ1) is 24.2. The molecule has 3 N–H and O–H groups in total. The second-order valence-electron chi connectivity index (χ2n) is 9.12. The highest BCUT2D eigenvalue weighted by Gasteiger charge is 2.42. The van der Waals surface area contributed by atoms with Crippen molar-refractivity contribution in [2.24, 2.45) is 0 Å². The van der Waals surface area contributed by atoms with Crippen LogP contribution in [-0.4, -0.2) is 56.6 Å². The smallest absolute Gasteiger partial charge is 0.146 e. The van der Waals surface area contributed by atoms with Crippen LogP contribution >= 0.6 is 11.6 Å². The zero-order chi connectivity index (χ0) is 23.3. The Morgan fingerprint density at radius 2 is 1.88 bits per heavy atom. The molecule has 2 aliphatic rings. The molecule has 6 nitrogen and oxygen atoms in total. The molecule has 0 spiro atoms. The van der Waals surface area contributed by atoms with Crippen LogP contribution in [0.1, 0.15) is 38.5 Å². The van der Waals surface area contributed by atoms with Crippen molar-refractivity contribution in [1.82, 2.24) is 10.3 Å². The minimum absolute atomic E-state index is 0.161. The standard InChI is InChI=1S/C25H34ClFN4O2/c1-32-12-11-28-18-4-6-19(7-5-18)31-24-14-20(21(26)15-29-24)17-3-8-22(27)23(13-17)30-16-25(33-2)9-10-25/h3,8,13-15,18-19,28,30H,4-7,9-12,16H2,1-2H3,(H,29,31). The molecule has 0 radical (unpaired) electrons. The van der Waals surface area contributed by atoms with Gasteiger partial charge in [0.2, 0.25) is 0 Å². The molecule has 1 aromatic carbocycles. The van der Waals surface area contributed by atoms with Gasteiger partial charge in [-0.05, 0) is 62.3 Å². The van der Waals surface area contributed by atoms with Crippen LogP contribution in [0, 0.1) is 5.82 Å². The van der Waals surface area contributed by atoms with Crippen LogP contribution in [0.15, 0.2) is 30.5 Å². The predicted molar refractivity (Wildman–Crippen MR) is 132 cm³/mol. The Labute approximate surface area is 200 Å². The number of anilines is 2. The van der Waals surface area contributed by atoms with E-state index in [0.29, 0.717) is 29.3 Å². The quantitative estimate of drug-likeness (QED) is 0.392. The maximum Gasteiger partial charge on any atom is 0.146 e. The van der Waals surface area contributed by atoms with E-state index in [9.17, 15) is 4.39 Å². The van der Waals surface area contributed by atoms with Gasteiger partial charge in [-0.3, -0.25) is 0 Å². The summed E-state index contributed by atoms with van der Waals surface area (Å²) in [6, 6.07) is 7.92. The van der Waals surface area contributed by atoms with E-state index in [1.165, 1.54) is 6.07 Å². The predicted octanol–water partition coefficient (Wildman–Crippen LogP) is 5.09. The highest BCUT2D eigenvalue weighted by atomic mass is 35.5. The Bertz CT molecular complexity index is 933. The SMILES string of the molecule is COCCNC1CCC(Nc2cc(-c3ccc(F)c(NCC4(OC)CC4)c3)c(Cl)cn2)CC1. The van der Waals surface area contributed by atoms with E-state index in [1.54, 1.807) is 26.5 Å². The first-order chi connectivity index (χ1) is 16.0. The average molecular weight is 477 g/mol. The van der Waals surface area contributed by atoms with Crippen molar-refractivity contribution in [3.05, 3.63) is 41.3 Å². The van der Waals surface area contributed by atoms with Crippen LogP contribution < -0.4 is 16.0 Å². The van der Waals surface area contributed by atoms with Gasteiger partial charge in [0.05, 0.1) is 22.9 Å². The molecular formula is C25H34ClFN4O2. The van der Waals surface area contributed by atoms with Crippen molar-refractivity contribution >= 4 is 23.1 Å². The fourth-order valence-electron chi connectivity index (χ4n) is 4.43. The van der Waals surface area contributed by atoms with Crippen molar-refractivity contribution in [2.45, 2.75) is 56.2 Å². The van der Waals surface area contributed by atoms with Gasteiger partial charge in [0.25, 0.3) is 0 Å². The fraction of sp³-hybridized carbons (Fsp3) is 0.560. The van der Waals surface area contributed by atoms with E-state index in [0.717, 1.165) is 68.6 Å². The summed E-state index contributed by atoms with van der Waals surface area (Å²) in [5.41, 5.74) is 1.98. The number of nitrogens with zero attached hydrogens (tertiary/aromatic N) is 1. The van der Waals surface area contributed by atoms with Crippen molar-refractivity contribution in [1.29, 1.82) is 0 Å². The lowest BCUT2D eigenvalue weighted by Gasteiger charge is -2.30. The van der Waals surface area contributed by atoms with Crippen LogP contribution in [0.5, 0.6) is 0 Å². The molecule has 8 heteroatoms. The highest BCUT2D eigenvalue weighted by Crippen LogP contribution is 2.39. The van der Waals surface area contributed by atoms with Gasteiger partial charge in [-0.15, -0.1) is 0 Å². The number of hydrogen-bond acceptors (Lipinski definition) is 6. The molecule has 1 heterocycles. The number of aromatic nitrogens is 1. The van der Waals surface area contributed by atoms with Gasteiger partial charge < -0.3 is 25.4 Å². The van der Waals surface area contributed by atoms with Gasteiger partial charge in [-0.1, -0.05) is 17.7 Å². The first-order valence-electron chi connectivity index (χ1n) is 11.8. The lowest BCUT2D eigenvalue weighted by atomic mass is 9.91. The van der Waals surface area contributed by atoms with E-state index in [-0.39, 0.29) is 11.4 Å². The Morgan fingerprint density at radius 1 is 1.12 bits per heavy atom. The summed E-state index contributed by atoms with van der Waals surface area (Å²) in [6.07, 6.45) is 8.06. The maximum absolute atomic E-state index is 14.4. The van der Waals surface area contributed by atoms with Gasteiger partial charge in [-0.2, -0.15) is 0 Å². The second kappa shape index (κ2) is 11.0. The summed E-state index contributed by atoms with van der Waals surface area (Å²) in [6.45, 7) is 2.22. The normalized spacial score (nSPS) is 21.6. The lowest BCUT2D eigenvalue weighted by molar-refractivity contribution is 0.0914. The number of rotatable bonds is 11. The molecule has 1 aromatic heterocycles. The molecule has 2 fully saturated rings. The number of methoxy groups -OCH3 is 2. The Morgan fingerprint density at radius 3 is 2.58 bits per heavy atom. The molecular weight excluding hydrogens is 443 g/mol. The molecule has 2 aliphatic carbocycles. The number of ether oxygens (including phenoxy) is 2. The van der Waals surface area contributed by atoms with E-state index < -0.39 is 0 Å². The topological polar surface area (TPSA) is 67.4 Å². The van der Waals surface area contributed by atoms with Crippen molar-refractivity contribution in [2.75, 3.05) is 44.5 Å². The van der Waals surface area contributed by atoms with Gasteiger partial charge in [0, 0.05) is 51.2 Å². The summed E-state index contributed by atoms with van der Waals surface area (Å²) in [5, 5.41) is 10.9. The van der Waals surface area contributed by atoms with Crippen LogP contribution in [0.4, 0.5) is 15.9 Å². The Hall–Kier alpha value is -1.93. The van der Waals surface area contributed by atoms with Gasteiger partial charge in [0.1, 0.15) is 11.6 Å². The summed E-state index contributed by atoms with van der Waals surface area (Å²) in [7, 11) is 3.43. The third-order valence-corrected chi connectivity index (χ3v) is 7.09. The number of halogens is 2. The molecule has 0 bridgehead atoms. The second-order valence-corrected chi connectivity index (χ2v) is 9.53. The number of nitrogens with one attached hydrogen (secondary N) is 3. The third-order valence-electron chi connectivity index (χ3n) is 6.79. The summed E-state index contributed by atoms with van der Waals surface area (Å²) in [4.78, 5) is 4.48. The van der Waals surface area contributed by atoms with E-state index in [1.807, 2.05) is 12.1 Å². The van der Waals surface area contributed by atoms with E-state index in [4.69, 9.17) is 21.1 Å². The monoisotopic (exact) mass is 476 g/mol. The molecule has 2 saturated carbocycles. The van der Waals surface area contributed by atoms with Crippen LogP contribution in [0.2, 0.25) is 5.02 Å². The van der Waals surface area contributed by atoms with Crippen molar-refractivity contribution in [3.8, 4) is 11.1 Å². The molecule has 0 saturated heterocycles. The van der Waals surface area contributed by atoms with Crippen molar-refractivity contribution < 1.29 is 13.9 Å². The minimum Gasteiger partial charge on any atom is -0.383 e. The summed E-state index contributed by atoms with van der Waals surface area (Å²) < 4.78 is 25.1. The number of hydrogen-bond donors (Lipinski definition) is 3. The van der Waals surface area contributed by atoms with Gasteiger partial charge >= 0.3 is 0 Å². The van der Waals surface area contributed by atoms with Crippen molar-refractivity contribution in [3.63, 3.8) is 0 Å². The number of pyridine rings is 1.